The van der Waals surface area contributed by atoms with Crippen LogP contribution in [0.15, 0.2) is 24.3 Å². The average Bonchev–Trinajstić information content (AvgIpc) is 2.47. The molecule has 0 saturated carbocycles. The third-order valence-corrected chi connectivity index (χ3v) is 2.91. The highest BCUT2D eigenvalue weighted by molar-refractivity contribution is 6.39. The second-order valence-corrected chi connectivity index (χ2v) is 4.30. The molecule has 0 bridgehead atoms. The van der Waals surface area contributed by atoms with Crippen LogP contribution in [0.3, 0.4) is 0 Å². The number of piperazine rings is 1. The first kappa shape index (κ1) is 13.9. The Hall–Kier alpha value is -2.48. The predicted octanol–water partition coefficient (Wildman–Crippen LogP) is -0.0349. The fraction of sp³-hybridized carbons (Fsp3) is 0.333. The van der Waals surface area contributed by atoms with Gasteiger partial charge in [-0.1, -0.05) is 6.07 Å². The third-order valence-electron chi connectivity index (χ3n) is 2.91. The van der Waals surface area contributed by atoms with Crippen molar-refractivity contribution in [3.05, 3.63) is 34.4 Å². The summed E-state index contributed by atoms with van der Waals surface area (Å²) in [6, 6.07) is 5.47. The summed E-state index contributed by atoms with van der Waals surface area (Å²) < 4.78 is 0. The van der Waals surface area contributed by atoms with Crippen molar-refractivity contribution < 1.29 is 14.5 Å². The summed E-state index contributed by atoms with van der Waals surface area (Å²) in [6.45, 7) is 2.24. The van der Waals surface area contributed by atoms with E-state index in [9.17, 15) is 19.7 Å². The molecule has 0 atom stereocenters. The van der Waals surface area contributed by atoms with Crippen LogP contribution < -0.4 is 10.6 Å². The van der Waals surface area contributed by atoms with Gasteiger partial charge < -0.3 is 15.5 Å². The lowest BCUT2D eigenvalue weighted by Crippen LogP contribution is -2.49. The maximum atomic E-state index is 11.9. The van der Waals surface area contributed by atoms with Crippen molar-refractivity contribution >= 4 is 23.2 Å². The van der Waals surface area contributed by atoms with Crippen molar-refractivity contribution in [2.24, 2.45) is 0 Å². The highest BCUT2D eigenvalue weighted by Crippen LogP contribution is 2.17. The Balaban J connectivity index is 2.01. The number of hydrogen-bond donors (Lipinski definition) is 2. The van der Waals surface area contributed by atoms with E-state index < -0.39 is 16.7 Å². The van der Waals surface area contributed by atoms with Gasteiger partial charge in [0, 0.05) is 44.0 Å². The molecular formula is C12H14N4O4. The largest absolute Gasteiger partial charge is 0.332 e. The van der Waals surface area contributed by atoms with Crippen LogP contribution in [-0.4, -0.2) is 47.8 Å². The number of nitrogens with zero attached hydrogens (tertiary/aromatic N) is 2. The normalized spacial score (nSPS) is 14.7. The number of hydrogen-bond acceptors (Lipinski definition) is 5. The van der Waals surface area contributed by atoms with Gasteiger partial charge in [0.05, 0.1) is 4.92 Å². The highest BCUT2D eigenvalue weighted by atomic mass is 16.6. The quantitative estimate of drug-likeness (QED) is 0.449. The number of benzene rings is 1. The van der Waals surface area contributed by atoms with Gasteiger partial charge in [0.1, 0.15) is 0 Å². The van der Waals surface area contributed by atoms with Gasteiger partial charge in [-0.3, -0.25) is 19.7 Å². The molecule has 2 amide bonds. The molecule has 1 aromatic carbocycles. The fourth-order valence-electron chi connectivity index (χ4n) is 1.89. The Morgan fingerprint density at radius 2 is 2.00 bits per heavy atom. The number of carbonyl (C=O) groups excluding carboxylic acids is 2. The summed E-state index contributed by atoms with van der Waals surface area (Å²) >= 11 is 0. The summed E-state index contributed by atoms with van der Waals surface area (Å²) in [7, 11) is 0. The molecule has 0 aliphatic carbocycles. The summed E-state index contributed by atoms with van der Waals surface area (Å²) in [5, 5.41) is 16.1. The van der Waals surface area contributed by atoms with Gasteiger partial charge in [0.15, 0.2) is 0 Å². The van der Waals surface area contributed by atoms with E-state index in [1.165, 1.54) is 29.2 Å². The molecule has 0 spiro atoms. The zero-order valence-electron chi connectivity index (χ0n) is 10.7. The second kappa shape index (κ2) is 6.11. The molecular weight excluding hydrogens is 264 g/mol. The van der Waals surface area contributed by atoms with E-state index in [0.29, 0.717) is 26.2 Å². The molecule has 106 valence electrons. The van der Waals surface area contributed by atoms with Crippen molar-refractivity contribution in [1.82, 2.24) is 10.2 Å². The molecule has 1 heterocycles. The molecule has 1 aliphatic rings. The maximum Gasteiger partial charge on any atom is 0.313 e. The van der Waals surface area contributed by atoms with Crippen LogP contribution in [0.2, 0.25) is 0 Å². The van der Waals surface area contributed by atoms with Gasteiger partial charge in [0.25, 0.3) is 5.69 Å². The lowest BCUT2D eigenvalue weighted by atomic mass is 10.2. The zero-order chi connectivity index (χ0) is 14.5. The second-order valence-electron chi connectivity index (χ2n) is 4.30. The Morgan fingerprint density at radius 1 is 1.30 bits per heavy atom. The van der Waals surface area contributed by atoms with Crippen LogP contribution in [-0.2, 0) is 9.59 Å². The number of carbonyl (C=O) groups is 2. The molecule has 1 fully saturated rings. The van der Waals surface area contributed by atoms with E-state index in [4.69, 9.17) is 0 Å². The molecule has 2 N–H and O–H groups in total. The highest BCUT2D eigenvalue weighted by Gasteiger charge is 2.23. The van der Waals surface area contributed by atoms with Crippen LogP contribution in [0.1, 0.15) is 0 Å². The van der Waals surface area contributed by atoms with Crippen molar-refractivity contribution in [3.8, 4) is 0 Å². The number of amides is 2. The molecule has 0 unspecified atom stereocenters. The van der Waals surface area contributed by atoms with Crippen molar-refractivity contribution in [2.45, 2.75) is 0 Å². The van der Waals surface area contributed by atoms with Gasteiger partial charge >= 0.3 is 11.8 Å². The third kappa shape index (κ3) is 3.29. The van der Waals surface area contributed by atoms with E-state index >= 15 is 0 Å². The molecule has 2 rings (SSSR count). The Labute approximate surface area is 114 Å². The summed E-state index contributed by atoms with van der Waals surface area (Å²) in [4.78, 5) is 35.2. The number of non-ortho nitro benzene ring substituents is 1. The molecule has 1 aliphatic heterocycles. The minimum absolute atomic E-state index is 0.141. The van der Waals surface area contributed by atoms with E-state index in [-0.39, 0.29) is 11.4 Å². The number of nitrogens with one attached hydrogen (secondary N) is 2. The van der Waals surface area contributed by atoms with Crippen LogP contribution in [0.25, 0.3) is 0 Å². The van der Waals surface area contributed by atoms with E-state index in [2.05, 4.69) is 10.6 Å². The lowest BCUT2D eigenvalue weighted by Gasteiger charge is -2.26. The van der Waals surface area contributed by atoms with Gasteiger partial charge in [-0.05, 0) is 6.07 Å². The van der Waals surface area contributed by atoms with Gasteiger partial charge in [-0.2, -0.15) is 0 Å². The van der Waals surface area contributed by atoms with Crippen LogP contribution in [0.4, 0.5) is 11.4 Å². The van der Waals surface area contributed by atoms with Crippen LogP contribution in [0, 0.1) is 10.1 Å². The Morgan fingerprint density at radius 3 is 2.65 bits per heavy atom. The Kier molecular flexibility index (Phi) is 4.26. The summed E-state index contributed by atoms with van der Waals surface area (Å²) in [5.74, 6) is -1.41. The monoisotopic (exact) mass is 278 g/mol. The first-order chi connectivity index (χ1) is 9.58. The average molecular weight is 278 g/mol. The molecule has 0 radical (unpaired) electrons. The number of rotatable bonds is 2. The molecule has 20 heavy (non-hydrogen) atoms. The predicted molar refractivity (Wildman–Crippen MR) is 71.2 cm³/mol. The Bertz CT molecular complexity index is 540. The number of nitro benzene ring substituents is 1. The molecule has 1 saturated heterocycles. The van der Waals surface area contributed by atoms with Gasteiger partial charge in [0.2, 0.25) is 0 Å². The minimum Gasteiger partial charge on any atom is -0.332 e. The van der Waals surface area contributed by atoms with Gasteiger partial charge in [-0.25, -0.2) is 0 Å². The number of nitro groups is 1. The maximum absolute atomic E-state index is 11.9. The molecule has 0 aromatic heterocycles. The zero-order valence-corrected chi connectivity index (χ0v) is 10.7. The topological polar surface area (TPSA) is 105 Å². The smallest absolute Gasteiger partial charge is 0.313 e. The van der Waals surface area contributed by atoms with Crippen molar-refractivity contribution in [1.29, 1.82) is 0 Å². The fourth-order valence-corrected chi connectivity index (χ4v) is 1.89. The first-order valence-corrected chi connectivity index (χ1v) is 6.13. The summed E-state index contributed by atoms with van der Waals surface area (Å²) in [5.41, 5.74) is 0.0881. The minimum atomic E-state index is -0.785. The van der Waals surface area contributed by atoms with Crippen molar-refractivity contribution in [3.63, 3.8) is 0 Å². The van der Waals surface area contributed by atoms with E-state index in [0.717, 1.165) is 0 Å². The molecule has 8 heteroatoms. The first-order valence-electron chi connectivity index (χ1n) is 6.13. The van der Waals surface area contributed by atoms with Gasteiger partial charge in [-0.15, -0.1) is 0 Å². The molecule has 1 aromatic rings. The lowest BCUT2D eigenvalue weighted by molar-refractivity contribution is -0.384. The van der Waals surface area contributed by atoms with E-state index in [1.807, 2.05) is 0 Å². The summed E-state index contributed by atoms with van der Waals surface area (Å²) in [6.07, 6.45) is 0. The molecule has 8 nitrogen and oxygen atoms in total. The van der Waals surface area contributed by atoms with E-state index in [1.54, 1.807) is 0 Å². The SMILES string of the molecule is O=C(Nc1cccc([N+](=O)[O-])c1)C(=O)N1CCNCC1. The van der Waals surface area contributed by atoms with Crippen molar-refractivity contribution in [2.75, 3.05) is 31.5 Å². The van der Waals surface area contributed by atoms with Crippen LogP contribution >= 0.6 is 0 Å². The van der Waals surface area contributed by atoms with Crippen LogP contribution in [0.5, 0.6) is 0 Å². The number of anilines is 1. The standard InChI is InChI=1S/C12H14N4O4/c17-11(12(18)15-6-4-13-5-7-15)14-9-2-1-3-10(8-9)16(19)20/h1-3,8,13H,4-7H2,(H,14,17).